The van der Waals surface area contributed by atoms with Gasteiger partial charge >= 0.3 is 0 Å². The van der Waals surface area contributed by atoms with E-state index in [4.69, 9.17) is 0 Å². The van der Waals surface area contributed by atoms with E-state index in [1.807, 2.05) is 13.8 Å². The third kappa shape index (κ3) is 3.03. The fraction of sp³-hybridized carbons (Fsp3) is 0.188. The molecule has 7 heteroatoms. The van der Waals surface area contributed by atoms with Crippen LogP contribution >= 0.6 is 0 Å². The van der Waals surface area contributed by atoms with E-state index in [0.717, 1.165) is 23.0 Å². The summed E-state index contributed by atoms with van der Waals surface area (Å²) in [6.45, 7) is 4.14. The van der Waals surface area contributed by atoms with E-state index in [2.05, 4.69) is 20.4 Å². The van der Waals surface area contributed by atoms with Crippen LogP contribution in [0.2, 0.25) is 0 Å². The second kappa shape index (κ2) is 6.12. The summed E-state index contributed by atoms with van der Waals surface area (Å²) in [5.41, 5.74) is 2.67. The molecule has 0 atom stereocenters. The highest BCUT2D eigenvalue weighted by atomic mass is 19.1. The van der Waals surface area contributed by atoms with Crippen LogP contribution in [0.5, 0.6) is 0 Å². The molecule has 3 aromatic rings. The molecule has 5 nitrogen and oxygen atoms in total. The molecule has 2 aromatic heterocycles. The van der Waals surface area contributed by atoms with Gasteiger partial charge in [0.05, 0.1) is 5.69 Å². The van der Waals surface area contributed by atoms with Crippen molar-refractivity contribution in [3.05, 3.63) is 65.2 Å². The monoisotopic (exact) mass is 315 g/mol. The molecule has 1 aromatic carbocycles. The van der Waals surface area contributed by atoms with E-state index < -0.39 is 11.6 Å². The first-order valence-electron chi connectivity index (χ1n) is 7.07. The molecule has 0 aliphatic carbocycles. The standard InChI is InChI=1S/C16H15F2N5/c1-10-13(9-21-16-19-6-3-7-20-16)11(2)23(22-10)15-5-4-12(17)8-14(15)18/h3-8H,9H2,1-2H3,(H,19,20,21). The number of benzene rings is 1. The summed E-state index contributed by atoms with van der Waals surface area (Å²) in [7, 11) is 0. The lowest BCUT2D eigenvalue weighted by atomic mass is 10.2. The predicted molar refractivity (Wildman–Crippen MR) is 82.3 cm³/mol. The molecule has 0 amide bonds. The highest BCUT2D eigenvalue weighted by molar-refractivity contribution is 5.39. The van der Waals surface area contributed by atoms with Gasteiger partial charge in [-0.05, 0) is 32.0 Å². The van der Waals surface area contributed by atoms with Crippen LogP contribution in [0.15, 0.2) is 36.7 Å². The minimum absolute atomic E-state index is 0.217. The summed E-state index contributed by atoms with van der Waals surface area (Å²) < 4.78 is 28.5. The van der Waals surface area contributed by atoms with Crippen molar-refractivity contribution in [2.75, 3.05) is 5.32 Å². The van der Waals surface area contributed by atoms with E-state index in [9.17, 15) is 8.78 Å². The Balaban J connectivity index is 1.90. The Labute approximate surface area is 132 Å². The third-order valence-electron chi connectivity index (χ3n) is 3.57. The Kier molecular flexibility index (Phi) is 4.01. The number of aryl methyl sites for hydroxylation is 1. The van der Waals surface area contributed by atoms with Crippen molar-refractivity contribution in [3.8, 4) is 5.69 Å². The third-order valence-corrected chi connectivity index (χ3v) is 3.57. The second-order valence-corrected chi connectivity index (χ2v) is 5.08. The maximum atomic E-state index is 14.0. The molecule has 1 N–H and O–H groups in total. The van der Waals surface area contributed by atoms with Crippen molar-refractivity contribution in [2.24, 2.45) is 0 Å². The van der Waals surface area contributed by atoms with Gasteiger partial charge in [-0.2, -0.15) is 5.10 Å². The molecule has 0 radical (unpaired) electrons. The van der Waals surface area contributed by atoms with Crippen LogP contribution in [-0.2, 0) is 6.54 Å². The molecule has 23 heavy (non-hydrogen) atoms. The highest BCUT2D eigenvalue weighted by Gasteiger charge is 2.15. The van der Waals surface area contributed by atoms with Gasteiger partial charge in [-0.15, -0.1) is 0 Å². The lowest BCUT2D eigenvalue weighted by Gasteiger charge is -2.07. The number of hydrogen-bond donors (Lipinski definition) is 1. The van der Waals surface area contributed by atoms with Gasteiger partial charge in [0, 0.05) is 36.3 Å². The summed E-state index contributed by atoms with van der Waals surface area (Å²) in [6, 6.07) is 5.17. The summed E-state index contributed by atoms with van der Waals surface area (Å²) in [5.74, 6) is -0.760. The van der Waals surface area contributed by atoms with E-state index in [1.165, 1.54) is 16.8 Å². The van der Waals surface area contributed by atoms with Crippen molar-refractivity contribution in [2.45, 2.75) is 20.4 Å². The maximum absolute atomic E-state index is 14.0. The van der Waals surface area contributed by atoms with Gasteiger partial charge in [-0.25, -0.2) is 23.4 Å². The zero-order valence-corrected chi connectivity index (χ0v) is 12.7. The van der Waals surface area contributed by atoms with E-state index in [1.54, 1.807) is 18.5 Å². The lowest BCUT2D eigenvalue weighted by Crippen LogP contribution is -2.06. The number of nitrogens with zero attached hydrogens (tertiary/aromatic N) is 4. The minimum atomic E-state index is -0.651. The topological polar surface area (TPSA) is 55.6 Å². The number of halogens is 2. The molecule has 0 saturated carbocycles. The average molecular weight is 315 g/mol. The Morgan fingerprint density at radius 1 is 1.13 bits per heavy atom. The van der Waals surface area contributed by atoms with Crippen LogP contribution in [0.25, 0.3) is 5.69 Å². The predicted octanol–water partition coefficient (Wildman–Crippen LogP) is 3.17. The van der Waals surface area contributed by atoms with Crippen LogP contribution in [-0.4, -0.2) is 19.7 Å². The van der Waals surface area contributed by atoms with Crippen molar-refractivity contribution in [1.82, 2.24) is 19.7 Å². The van der Waals surface area contributed by atoms with Crippen molar-refractivity contribution < 1.29 is 8.78 Å². The number of rotatable bonds is 4. The normalized spacial score (nSPS) is 10.8. The van der Waals surface area contributed by atoms with Crippen LogP contribution in [0.4, 0.5) is 14.7 Å². The molecule has 2 heterocycles. The van der Waals surface area contributed by atoms with Gasteiger partial charge in [0.1, 0.15) is 11.5 Å². The SMILES string of the molecule is Cc1nn(-c2ccc(F)cc2F)c(C)c1CNc1ncccn1. The first-order valence-corrected chi connectivity index (χ1v) is 7.07. The second-order valence-electron chi connectivity index (χ2n) is 5.08. The fourth-order valence-electron chi connectivity index (χ4n) is 2.38. The molecule has 3 rings (SSSR count). The minimum Gasteiger partial charge on any atom is -0.350 e. The van der Waals surface area contributed by atoms with Crippen LogP contribution < -0.4 is 5.32 Å². The van der Waals surface area contributed by atoms with Crippen LogP contribution in [0.1, 0.15) is 17.0 Å². The average Bonchev–Trinajstić information content (AvgIpc) is 2.81. The van der Waals surface area contributed by atoms with E-state index >= 15 is 0 Å². The summed E-state index contributed by atoms with van der Waals surface area (Å²) in [6.07, 6.45) is 3.29. The Bertz CT molecular complexity index is 830. The first-order chi connectivity index (χ1) is 11.1. The number of aromatic nitrogens is 4. The zero-order valence-electron chi connectivity index (χ0n) is 12.7. The van der Waals surface area contributed by atoms with Gasteiger partial charge in [0.25, 0.3) is 0 Å². The van der Waals surface area contributed by atoms with E-state index in [0.29, 0.717) is 12.5 Å². The number of anilines is 1. The van der Waals surface area contributed by atoms with Crippen molar-refractivity contribution >= 4 is 5.95 Å². The van der Waals surface area contributed by atoms with Crippen LogP contribution in [0, 0.1) is 25.5 Å². The smallest absolute Gasteiger partial charge is 0.222 e. The van der Waals surface area contributed by atoms with Crippen molar-refractivity contribution in [3.63, 3.8) is 0 Å². The van der Waals surface area contributed by atoms with E-state index in [-0.39, 0.29) is 5.69 Å². The number of nitrogens with one attached hydrogen (secondary N) is 1. The summed E-state index contributed by atoms with van der Waals surface area (Å²) in [5, 5.41) is 7.46. The molecule has 0 spiro atoms. The summed E-state index contributed by atoms with van der Waals surface area (Å²) in [4.78, 5) is 8.18. The molecule has 0 bridgehead atoms. The zero-order chi connectivity index (χ0) is 16.4. The molecule has 118 valence electrons. The quantitative estimate of drug-likeness (QED) is 0.803. The Morgan fingerprint density at radius 2 is 1.87 bits per heavy atom. The molecular weight excluding hydrogens is 300 g/mol. The number of hydrogen-bond acceptors (Lipinski definition) is 4. The van der Waals surface area contributed by atoms with Gasteiger partial charge < -0.3 is 5.32 Å². The van der Waals surface area contributed by atoms with Gasteiger partial charge in [0.2, 0.25) is 5.95 Å². The Morgan fingerprint density at radius 3 is 2.57 bits per heavy atom. The first kappa shape index (κ1) is 15.1. The molecule has 0 unspecified atom stereocenters. The Hall–Kier alpha value is -2.83. The molecule has 0 saturated heterocycles. The molecule has 0 aliphatic rings. The van der Waals surface area contributed by atoms with Crippen molar-refractivity contribution in [1.29, 1.82) is 0 Å². The van der Waals surface area contributed by atoms with Gasteiger partial charge in [0.15, 0.2) is 5.82 Å². The largest absolute Gasteiger partial charge is 0.350 e. The van der Waals surface area contributed by atoms with Gasteiger partial charge in [-0.1, -0.05) is 0 Å². The van der Waals surface area contributed by atoms with Gasteiger partial charge in [-0.3, -0.25) is 0 Å². The van der Waals surface area contributed by atoms with Crippen LogP contribution in [0.3, 0.4) is 0 Å². The maximum Gasteiger partial charge on any atom is 0.222 e. The summed E-state index contributed by atoms with van der Waals surface area (Å²) >= 11 is 0. The molecule has 0 fully saturated rings. The lowest BCUT2D eigenvalue weighted by molar-refractivity contribution is 0.572. The fourth-order valence-corrected chi connectivity index (χ4v) is 2.38. The molecule has 0 aliphatic heterocycles. The molecular formula is C16H15F2N5. The highest BCUT2D eigenvalue weighted by Crippen LogP contribution is 2.21.